The van der Waals surface area contributed by atoms with Gasteiger partial charge in [0.05, 0.1) is 0 Å². The van der Waals surface area contributed by atoms with Crippen molar-refractivity contribution in [1.29, 1.82) is 0 Å². The zero-order valence-corrected chi connectivity index (χ0v) is 5.78. The van der Waals surface area contributed by atoms with E-state index >= 15 is 0 Å². The largest absolute Gasteiger partial charge is 0.0843 e. The molecule has 0 fully saturated rings. The van der Waals surface area contributed by atoms with Crippen molar-refractivity contribution in [2.24, 2.45) is 5.11 Å². The summed E-state index contributed by atoms with van der Waals surface area (Å²) in [5.74, 6) is 0. The van der Waals surface area contributed by atoms with E-state index in [1.165, 1.54) is 0 Å². The Morgan fingerprint density at radius 2 is 2.10 bits per heavy atom. The Morgan fingerprint density at radius 1 is 1.50 bits per heavy atom. The molecule has 0 bridgehead atoms. The fourth-order valence-electron chi connectivity index (χ4n) is 0.559. The van der Waals surface area contributed by atoms with E-state index in [9.17, 15) is 0 Å². The smallest absolute Gasteiger partial charge is 0.0406 e. The lowest BCUT2D eigenvalue weighted by Crippen LogP contribution is -1.61. The predicted molar refractivity (Wildman–Crippen MR) is 44.5 cm³/mol. The highest BCUT2D eigenvalue weighted by atomic mass is 35.5. The Kier molecular flexibility index (Phi) is 1.43. The van der Waals surface area contributed by atoms with Crippen LogP contribution in [0.4, 0.5) is 5.69 Å². The van der Waals surface area contributed by atoms with E-state index in [1.807, 2.05) is 0 Å². The third kappa shape index (κ3) is 1.65. The van der Waals surface area contributed by atoms with Crippen LogP contribution in [0.15, 0.2) is 29.4 Å². The van der Waals surface area contributed by atoms with Crippen molar-refractivity contribution in [2.75, 3.05) is 0 Å². The zero-order chi connectivity index (χ0) is 11.4. The third-order valence-corrected chi connectivity index (χ3v) is 1.24. The van der Waals surface area contributed by atoms with Crippen molar-refractivity contribution in [2.45, 2.75) is 0 Å². The SMILES string of the molecule is [2H][2H].[2H][2H].[N-]=[N+]=Nc1ccc(Cl)cc1. The Balaban J connectivity index is 0. The highest BCUT2D eigenvalue weighted by Crippen LogP contribution is 2.15. The van der Waals surface area contributed by atoms with Crippen LogP contribution in [0.5, 0.6) is 0 Å². The van der Waals surface area contributed by atoms with E-state index in [0.29, 0.717) is 10.7 Å². The Bertz CT molecular complexity index is 273. The number of hydrogen-bond acceptors (Lipinski definition) is 1. The normalized spacial score (nSPS) is 10.1. The molecular weight excluding hydrogens is 150 g/mol. The van der Waals surface area contributed by atoms with E-state index in [4.69, 9.17) is 23.1 Å². The van der Waals surface area contributed by atoms with Crippen molar-refractivity contribution in [3.8, 4) is 0 Å². The summed E-state index contributed by atoms with van der Waals surface area (Å²) < 4.78 is 20.0. The first-order valence-electron chi connectivity index (χ1n) is 4.63. The summed E-state index contributed by atoms with van der Waals surface area (Å²) >= 11 is 5.58. The molecule has 54 valence electrons. The maximum absolute atomic E-state index is 8.01. The van der Waals surface area contributed by atoms with Crippen LogP contribution >= 0.6 is 11.6 Å². The maximum Gasteiger partial charge on any atom is 0.0406 e. The first kappa shape index (κ1) is 4.61. The van der Waals surface area contributed by atoms with E-state index in [2.05, 4.69) is 10.0 Å². The van der Waals surface area contributed by atoms with Gasteiger partial charge in [0.15, 0.2) is 0 Å². The summed E-state index contributed by atoms with van der Waals surface area (Å²) in [5, 5.41) is 4.01. The minimum Gasteiger partial charge on any atom is -0.0843 e. The molecule has 0 aromatic heterocycles. The van der Waals surface area contributed by atoms with Gasteiger partial charge in [0, 0.05) is 21.6 Å². The molecule has 3 nitrogen and oxygen atoms in total. The van der Waals surface area contributed by atoms with Gasteiger partial charge in [-0.3, -0.25) is 0 Å². The van der Waals surface area contributed by atoms with Crippen LogP contribution in [-0.4, -0.2) is 0 Å². The van der Waals surface area contributed by atoms with Crippen LogP contribution in [0.3, 0.4) is 0 Å². The lowest BCUT2D eigenvalue weighted by atomic mass is 10.3. The van der Waals surface area contributed by atoms with Crippen LogP contribution in [0, 0.1) is 0 Å². The second-order valence-electron chi connectivity index (χ2n) is 1.67. The molecule has 0 heterocycles. The monoisotopic (exact) mass is 161 g/mol. The first-order valence-corrected chi connectivity index (χ1v) is 3.01. The van der Waals surface area contributed by atoms with Crippen LogP contribution in [-0.2, 0) is 0 Å². The molecule has 1 rings (SSSR count). The molecule has 0 amide bonds. The van der Waals surface area contributed by atoms with Crippen molar-refractivity contribution in [3.05, 3.63) is 39.7 Å². The van der Waals surface area contributed by atoms with Crippen molar-refractivity contribution >= 4 is 17.3 Å². The molecule has 0 aliphatic rings. The minimum atomic E-state index is 0.576. The Morgan fingerprint density at radius 3 is 2.60 bits per heavy atom. The number of rotatable bonds is 1. The average Bonchev–Trinajstić information content (AvgIpc) is 2.28. The van der Waals surface area contributed by atoms with Gasteiger partial charge in [0.25, 0.3) is 0 Å². The predicted octanol–water partition coefficient (Wildman–Crippen LogP) is 3.77. The number of azide groups is 1. The second kappa shape index (κ2) is 3.11. The number of nitrogens with zero attached hydrogens (tertiary/aromatic N) is 3. The van der Waals surface area contributed by atoms with Gasteiger partial charge in [-0.15, -0.1) is 0 Å². The summed E-state index contributed by atoms with van der Waals surface area (Å²) in [6.07, 6.45) is 0. The molecule has 10 heavy (non-hydrogen) atoms. The number of hydrogen-bond donors (Lipinski definition) is 0. The molecule has 0 atom stereocenters. The van der Waals surface area contributed by atoms with Crippen LogP contribution in [0.25, 0.3) is 10.4 Å². The summed E-state index contributed by atoms with van der Waals surface area (Å²) in [4.78, 5) is 2.62. The van der Waals surface area contributed by atoms with Gasteiger partial charge >= 0.3 is 0 Å². The molecular formula is C6H8ClN3. The standard InChI is InChI=1S/C6H4ClN3.2H2/c7-5-1-3-6(4-2-5)9-10-8;;/h1-4H;2*1H/i;2*1+1D. The van der Waals surface area contributed by atoms with E-state index in [-0.39, 0.29) is 0 Å². The van der Waals surface area contributed by atoms with Gasteiger partial charge in [-0.05, 0) is 17.7 Å². The summed E-state index contributed by atoms with van der Waals surface area (Å²) in [7, 11) is 0. The summed E-state index contributed by atoms with van der Waals surface area (Å²) in [5.41, 5.74) is 8.59. The number of benzene rings is 1. The minimum absolute atomic E-state index is 0.576. The Labute approximate surface area is 69.0 Å². The zero-order valence-electron chi connectivity index (χ0n) is 9.03. The molecule has 0 spiro atoms. The molecule has 4 heteroatoms. The molecule has 0 aliphatic carbocycles. The third-order valence-electron chi connectivity index (χ3n) is 0.987. The van der Waals surface area contributed by atoms with E-state index in [1.54, 1.807) is 24.3 Å². The van der Waals surface area contributed by atoms with Crippen molar-refractivity contribution in [3.63, 3.8) is 0 Å². The topological polar surface area (TPSA) is 48.8 Å². The van der Waals surface area contributed by atoms with Gasteiger partial charge in [-0.2, -0.15) is 0 Å². The fourth-order valence-corrected chi connectivity index (χ4v) is 0.685. The quantitative estimate of drug-likeness (QED) is 0.342. The van der Waals surface area contributed by atoms with Gasteiger partial charge in [0.2, 0.25) is 0 Å². The van der Waals surface area contributed by atoms with Gasteiger partial charge in [-0.1, -0.05) is 28.8 Å². The van der Waals surface area contributed by atoms with Crippen LogP contribution in [0.1, 0.15) is 5.94 Å². The molecule has 0 aliphatic heterocycles. The summed E-state index contributed by atoms with van der Waals surface area (Å²) in [6, 6.07) is 6.65. The molecule has 1 aromatic carbocycles. The van der Waals surface area contributed by atoms with Gasteiger partial charge in [-0.25, -0.2) is 0 Å². The molecule has 0 unspecified atom stereocenters. The van der Waals surface area contributed by atoms with Gasteiger partial charge in [0.1, 0.15) is 0 Å². The Hall–Kier alpha value is -1.18. The lowest BCUT2D eigenvalue weighted by Gasteiger charge is -1.88. The fraction of sp³-hybridized carbons (Fsp3) is 0. The maximum atomic E-state index is 8.01. The molecule has 0 saturated carbocycles. The van der Waals surface area contributed by atoms with E-state index < -0.39 is 0 Å². The van der Waals surface area contributed by atoms with Crippen LogP contribution in [0.2, 0.25) is 5.02 Å². The van der Waals surface area contributed by atoms with E-state index in [0.717, 1.165) is 0 Å². The molecule has 0 radical (unpaired) electrons. The van der Waals surface area contributed by atoms with Crippen molar-refractivity contribution in [1.82, 2.24) is 0 Å². The molecule has 1 aromatic rings. The van der Waals surface area contributed by atoms with Gasteiger partial charge < -0.3 is 0 Å². The summed E-state index contributed by atoms with van der Waals surface area (Å²) in [6.45, 7) is 0. The molecule has 0 N–H and O–H groups in total. The van der Waals surface area contributed by atoms with Crippen LogP contribution < -0.4 is 0 Å². The highest BCUT2D eigenvalue weighted by molar-refractivity contribution is 6.30. The van der Waals surface area contributed by atoms with Crippen molar-refractivity contribution < 1.29 is 5.94 Å². The lowest BCUT2D eigenvalue weighted by molar-refractivity contribution is 1.48. The first-order chi connectivity index (χ1) is 6.83. The second-order valence-corrected chi connectivity index (χ2v) is 2.10. The number of halogens is 1. The highest BCUT2D eigenvalue weighted by Gasteiger charge is 1.85. The average molecular weight is 162 g/mol. The molecule has 0 saturated heterocycles.